The number of nitrogens with zero attached hydrogens (tertiary/aromatic N) is 1. The van der Waals surface area contributed by atoms with E-state index in [2.05, 4.69) is 25.7 Å². The molecule has 0 amide bonds. The van der Waals surface area contributed by atoms with Gasteiger partial charge in [0.2, 0.25) is 0 Å². The second-order valence-electron chi connectivity index (χ2n) is 6.84. The topological polar surface area (TPSA) is 38.5 Å². The lowest BCUT2D eigenvalue weighted by Crippen LogP contribution is -2.48. The van der Waals surface area contributed by atoms with Crippen LogP contribution in [0.4, 0.5) is 0 Å². The van der Waals surface area contributed by atoms with E-state index >= 15 is 0 Å². The Kier molecular flexibility index (Phi) is 5.67. The number of likely N-dealkylation sites (tertiary alicyclic amines) is 1. The Labute approximate surface area is 118 Å². The average Bonchev–Trinajstić information content (AvgIpc) is 2.36. The summed E-state index contributed by atoms with van der Waals surface area (Å²) in [6.45, 7) is 11.3. The molecule has 1 aliphatic heterocycles. The largest absolute Gasteiger partial charge is 0.378 e. The van der Waals surface area contributed by atoms with E-state index in [0.29, 0.717) is 18.1 Å². The van der Waals surface area contributed by atoms with Crippen molar-refractivity contribution in [1.29, 1.82) is 0 Å². The quantitative estimate of drug-likeness (QED) is 0.851. The molecule has 2 rings (SSSR count). The van der Waals surface area contributed by atoms with E-state index in [-0.39, 0.29) is 0 Å². The van der Waals surface area contributed by atoms with E-state index in [4.69, 9.17) is 10.5 Å². The van der Waals surface area contributed by atoms with Crippen LogP contribution in [0.1, 0.15) is 46.5 Å². The second kappa shape index (κ2) is 7.05. The molecule has 1 heterocycles. The van der Waals surface area contributed by atoms with Gasteiger partial charge in [-0.1, -0.05) is 13.8 Å². The first-order chi connectivity index (χ1) is 9.10. The van der Waals surface area contributed by atoms with Gasteiger partial charge in [-0.3, -0.25) is 0 Å². The second-order valence-corrected chi connectivity index (χ2v) is 6.84. The minimum Gasteiger partial charge on any atom is -0.378 e. The normalized spacial score (nSPS) is 38.5. The lowest BCUT2D eigenvalue weighted by molar-refractivity contribution is 0.00481. The molecule has 4 atom stereocenters. The Morgan fingerprint density at radius 3 is 2.42 bits per heavy atom. The van der Waals surface area contributed by atoms with Crippen LogP contribution in [0, 0.1) is 17.8 Å². The summed E-state index contributed by atoms with van der Waals surface area (Å²) in [5, 5.41) is 0. The molecule has 1 saturated heterocycles. The fraction of sp³-hybridized carbons (Fsp3) is 1.00. The Hall–Kier alpha value is -0.120. The molecular formula is C16H32N2O. The fourth-order valence-electron chi connectivity index (χ4n) is 4.07. The van der Waals surface area contributed by atoms with Crippen molar-refractivity contribution in [2.24, 2.45) is 23.5 Å². The third-order valence-electron chi connectivity index (χ3n) is 5.14. The Morgan fingerprint density at radius 2 is 1.84 bits per heavy atom. The summed E-state index contributed by atoms with van der Waals surface area (Å²) in [6.07, 6.45) is 5.46. The zero-order valence-corrected chi connectivity index (χ0v) is 13.0. The zero-order valence-electron chi connectivity index (χ0n) is 13.0. The fourth-order valence-corrected chi connectivity index (χ4v) is 4.07. The minimum atomic E-state index is 0.406. The maximum Gasteiger partial charge on any atom is 0.0599 e. The van der Waals surface area contributed by atoms with Gasteiger partial charge >= 0.3 is 0 Å². The maximum atomic E-state index is 6.40. The SMILES string of the molecule is CCOC1CCN(CC2C(C)CC(C)CC2N)CC1. The van der Waals surface area contributed by atoms with E-state index in [1.54, 1.807) is 0 Å². The number of piperidine rings is 1. The van der Waals surface area contributed by atoms with Crippen molar-refractivity contribution in [1.82, 2.24) is 4.90 Å². The van der Waals surface area contributed by atoms with E-state index < -0.39 is 0 Å². The molecule has 1 saturated carbocycles. The Balaban J connectivity index is 1.78. The highest BCUT2D eigenvalue weighted by atomic mass is 16.5. The van der Waals surface area contributed by atoms with Crippen molar-refractivity contribution >= 4 is 0 Å². The van der Waals surface area contributed by atoms with E-state index in [0.717, 1.165) is 18.4 Å². The van der Waals surface area contributed by atoms with Crippen LogP contribution in [0.2, 0.25) is 0 Å². The molecule has 3 nitrogen and oxygen atoms in total. The molecule has 0 aromatic carbocycles. The molecule has 0 aromatic rings. The molecule has 4 unspecified atom stereocenters. The summed E-state index contributed by atoms with van der Waals surface area (Å²) in [5.41, 5.74) is 6.40. The summed E-state index contributed by atoms with van der Waals surface area (Å²) in [6, 6.07) is 0.406. The molecule has 19 heavy (non-hydrogen) atoms. The molecular weight excluding hydrogens is 236 g/mol. The third kappa shape index (κ3) is 4.17. The lowest BCUT2D eigenvalue weighted by atomic mass is 9.72. The standard InChI is InChI=1S/C16H32N2O/c1-4-19-14-5-7-18(8-6-14)11-15-13(3)9-12(2)10-16(15)17/h12-16H,4-11,17H2,1-3H3. The molecule has 0 bridgehead atoms. The molecule has 2 aliphatic rings. The van der Waals surface area contributed by atoms with Crippen LogP contribution in [-0.4, -0.2) is 43.3 Å². The van der Waals surface area contributed by atoms with Crippen LogP contribution in [0.15, 0.2) is 0 Å². The molecule has 3 heteroatoms. The predicted molar refractivity (Wildman–Crippen MR) is 80.1 cm³/mol. The molecule has 0 aromatic heterocycles. The number of rotatable bonds is 4. The Bertz CT molecular complexity index is 251. The molecule has 1 aliphatic carbocycles. The van der Waals surface area contributed by atoms with Gasteiger partial charge in [0.1, 0.15) is 0 Å². The molecule has 2 N–H and O–H groups in total. The highest BCUT2D eigenvalue weighted by Gasteiger charge is 2.33. The maximum absolute atomic E-state index is 6.40. The van der Waals surface area contributed by atoms with Crippen LogP contribution in [0.25, 0.3) is 0 Å². The molecule has 2 fully saturated rings. The summed E-state index contributed by atoms with van der Waals surface area (Å²) in [7, 11) is 0. The molecule has 0 radical (unpaired) electrons. The average molecular weight is 268 g/mol. The summed E-state index contributed by atoms with van der Waals surface area (Å²) in [5.74, 6) is 2.29. The first kappa shape index (κ1) is 15.3. The number of ether oxygens (including phenoxy) is 1. The van der Waals surface area contributed by atoms with Crippen molar-refractivity contribution < 1.29 is 4.74 Å². The van der Waals surface area contributed by atoms with E-state index in [1.165, 1.54) is 45.3 Å². The summed E-state index contributed by atoms with van der Waals surface area (Å²) in [4.78, 5) is 2.62. The molecule has 112 valence electrons. The van der Waals surface area contributed by atoms with Crippen LogP contribution in [-0.2, 0) is 4.74 Å². The van der Waals surface area contributed by atoms with Crippen LogP contribution in [0.5, 0.6) is 0 Å². The van der Waals surface area contributed by atoms with Gasteiger partial charge in [0.15, 0.2) is 0 Å². The van der Waals surface area contributed by atoms with Gasteiger partial charge in [0.25, 0.3) is 0 Å². The third-order valence-corrected chi connectivity index (χ3v) is 5.14. The van der Waals surface area contributed by atoms with Gasteiger partial charge in [-0.05, 0) is 50.4 Å². The van der Waals surface area contributed by atoms with Gasteiger partial charge in [-0.15, -0.1) is 0 Å². The summed E-state index contributed by atoms with van der Waals surface area (Å²) >= 11 is 0. The van der Waals surface area contributed by atoms with E-state index in [1.807, 2.05) is 0 Å². The smallest absolute Gasteiger partial charge is 0.0599 e. The lowest BCUT2D eigenvalue weighted by Gasteiger charge is -2.42. The minimum absolute atomic E-state index is 0.406. The number of hydrogen-bond acceptors (Lipinski definition) is 3. The Morgan fingerprint density at radius 1 is 1.16 bits per heavy atom. The summed E-state index contributed by atoms with van der Waals surface area (Å²) < 4.78 is 5.73. The van der Waals surface area contributed by atoms with Gasteiger partial charge in [-0.2, -0.15) is 0 Å². The monoisotopic (exact) mass is 268 g/mol. The van der Waals surface area contributed by atoms with E-state index in [9.17, 15) is 0 Å². The van der Waals surface area contributed by atoms with Crippen LogP contribution in [0.3, 0.4) is 0 Å². The zero-order chi connectivity index (χ0) is 13.8. The highest BCUT2D eigenvalue weighted by Crippen LogP contribution is 2.33. The van der Waals surface area contributed by atoms with Crippen molar-refractivity contribution in [3.8, 4) is 0 Å². The van der Waals surface area contributed by atoms with Crippen molar-refractivity contribution in [2.45, 2.75) is 58.6 Å². The number of nitrogens with two attached hydrogens (primary N) is 1. The van der Waals surface area contributed by atoms with Gasteiger partial charge in [0, 0.05) is 32.3 Å². The van der Waals surface area contributed by atoms with Gasteiger partial charge in [0.05, 0.1) is 6.10 Å². The highest BCUT2D eigenvalue weighted by molar-refractivity contribution is 4.88. The van der Waals surface area contributed by atoms with Crippen molar-refractivity contribution in [3.05, 3.63) is 0 Å². The van der Waals surface area contributed by atoms with Crippen LogP contribution < -0.4 is 5.73 Å². The first-order valence-corrected chi connectivity index (χ1v) is 8.19. The first-order valence-electron chi connectivity index (χ1n) is 8.19. The van der Waals surface area contributed by atoms with Crippen molar-refractivity contribution in [2.75, 3.05) is 26.2 Å². The number of hydrogen-bond donors (Lipinski definition) is 1. The van der Waals surface area contributed by atoms with Crippen LogP contribution >= 0.6 is 0 Å². The molecule has 0 spiro atoms. The van der Waals surface area contributed by atoms with Gasteiger partial charge < -0.3 is 15.4 Å². The predicted octanol–water partition coefficient (Wildman–Crippen LogP) is 2.50. The van der Waals surface area contributed by atoms with Crippen molar-refractivity contribution in [3.63, 3.8) is 0 Å². The van der Waals surface area contributed by atoms with Gasteiger partial charge in [-0.25, -0.2) is 0 Å².